The number of rotatable bonds is 6. The number of piperazine rings is 1. The van der Waals surface area contributed by atoms with Gasteiger partial charge in [0.25, 0.3) is 0 Å². The third-order valence-corrected chi connectivity index (χ3v) is 5.47. The molecule has 1 aromatic carbocycles. The number of carbonyl (C=O) groups is 2. The summed E-state index contributed by atoms with van der Waals surface area (Å²) < 4.78 is 1.82. The molecule has 1 saturated heterocycles. The summed E-state index contributed by atoms with van der Waals surface area (Å²) in [7, 11) is 1.83. The minimum atomic E-state index is 0.0921. The Morgan fingerprint density at radius 2 is 1.82 bits per heavy atom. The van der Waals surface area contributed by atoms with Crippen LogP contribution in [-0.2, 0) is 16.1 Å². The van der Waals surface area contributed by atoms with Crippen molar-refractivity contribution in [3.63, 3.8) is 0 Å². The number of hydrogen-bond acceptors (Lipinski definition) is 4. The van der Waals surface area contributed by atoms with E-state index in [1.165, 1.54) is 0 Å². The van der Waals surface area contributed by atoms with E-state index < -0.39 is 0 Å². The highest BCUT2D eigenvalue weighted by Gasteiger charge is 2.34. The molecule has 1 saturated carbocycles. The molecule has 2 fully saturated rings. The van der Waals surface area contributed by atoms with E-state index in [2.05, 4.69) is 10.00 Å². The standard InChI is InChI=1S/C21H27N5O2/c1-23(14-17-13-22-26(15-17)19-5-3-2-4-6-19)20(27)16-24-9-11-25(12-10-24)21(28)18-7-8-18/h2-6,13,15,18H,7-12,14,16H2,1H3. The summed E-state index contributed by atoms with van der Waals surface area (Å²) in [5.74, 6) is 0.670. The molecule has 2 heterocycles. The fourth-order valence-corrected chi connectivity index (χ4v) is 3.55. The number of amides is 2. The number of carbonyl (C=O) groups excluding carboxylic acids is 2. The van der Waals surface area contributed by atoms with Gasteiger partial charge >= 0.3 is 0 Å². The zero-order chi connectivity index (χ0) is 19.5. The number of nitrogens with zero attached hydrogens (tertiary/aromatic N) is 5. The van der Waals surface area contributed by atoms with Gasteiger partial charge in [-0.15, -0.1) is 0 Å². The van der Waals surface area contributed by atoms with Crippen molar-refractivity contribution in [1.29, 1.82) is 0 Å². The van der Waals surface area contributed by atoms with Crippen molar-refractivity contribution in [3.05, 3.63) is 48.3 Å². The number of aromatic nitrogens is 2. The predicted molar refractivity (Wildman–Crippen MR) is 106 cm³/mol. The van der Waals surface area contributed by atoms with Crippen molar-refractivity contribution in [1.82, 2.24) is 24.5 Å². The molecule has 7 nitrogen and oxygen atoms in total. The van der Waals surface area contributed by atoms with Gasteiger partial charge in [0.15, 0.2) is 0 Å². The Labute approximate surface area is 165 Å². The van der Waals surface area contributed by atoms with Crippen LogP contribution >= 0.6 is 0 Å². The summed E-state index contributed by atoms with van der Waals surface area (Å²) in [5, 5.41) is 4.39. The number of likely N-dealkylation sites (N-methyl/N-ethyl adjacent to an activating group) is 1. The van der Waals surface area contributed by atoms with Crippen LogP contribution in [0.5, 0.6) is 0 Å². The van der Waals surface area contributed by atoms with Gasteiger partial charge in [-0.05, 0) is 25.0 Å². The summed E-state index contributed by atoms with van der Waals surface area (Å²) in [6.45, 7) is 3.93. The van der Waals surface area contributed by atoms with Gasteiger partial charge in [0, 0.05) is 57.4 Å². The van der Waals surface area contributed by atoms with Crippen molar-refractivity contribution < 1.29 is 9.59 Å². The molecule has 1 aliphatic heterocycles. The molecular weight excluding hydrogens is 354 g/mol. The Bertz CT molecular complexity index is 822. The molecule has 1 aliphatic carbocycles. The van der Waals surface area contributed by atoms with Crippen molar-refractivity contribution >= 4 is 11.8 Å². The highest BCUT2D eigenvalue weighted by atomic mass is 16.2. The Hall–Kier alpha value is -2.67. The number of para-hydroxylation sites is 1. The van der Waals surface area contributed by atoms with E-state index in [4.69, 9.17) is 0 Å². The van der Waals surface area contributed by atoms with E-state index in [1.54, 1.807) is 11.1 Å². The maximum Gasteiger partial charge on any atom is 0.236 e. The molecule has 0 spiro atoms. The maximum atomic E-state index is 12.6. The number of hydrogen-bond donors (Lipinski definition) is 0. The average Bonchev–Trinajstić information content (AvgIpc) is 3.47. The lowest BCUT2D eigenvalue weighted by Gasteiger charge is -2.35. The fourth-order valence-electron chi connectivity index (χ4n) is 3.55. The summed E-state index contributed by atoms with van der Waals surface area (Å²) in [6.07, 6.45) is 5.85. The first-order valence-corrected chi connectivity index (χ1v) is 9.94. The van der Waals surface area contributed by atoms with E-state index in [0.717, 1.165) is 50.3 Å². The summed E-state index contributed by atoms with van der Waals surface area (Å²) in [4.78, 5) is 30.6. The molecule has 0 N–H and O–H groups in total. The lowest BCUT2D eigenvalue weighted by atomic mass is 10.2. The first-order valence-electron chi connectivity index (χ1n) is 9.94. The third kappa shape index (κ3) is 4.42. The number of benzene rings is 1. The van der Waals surface area contributed by atoms with Crippen LogP contribution < -0.4 is 0 Å². The lowest BCUT2D eigenvalue weighted by molar-refractivity contribution is -0.135. The van der Waals surface area contributed by atoms with Gasteiger partial charge in [0.2, 0.25) is 11.8 Å². The first kappa shape index (κ1) is 18.7. The average molecular weight is 381 g/mol. The highest BCUT2D eigenvalue weighted by Crippen LogP contribution is 2.31. The van der Waals surface area contributed by atoms with Gasteiger partial charge < -0.3 is 9.80 Å². The summed E-state index contributed by atoms with van der Waals surface area (Å²) in [6, 6.07) is 9.93. The second kappa shape index (κ2) is 8.14. The molecule has 0 atom stereocenters. The van der Waals surface area contributed by atoms with Gasteiger partial charge in [-0.3, -0.25) is 14.5 Å². The Balaban J connectivity index is 1.25. The topological polar surface area (TPSA) is 61.7 Å². The predicted octanol–water partition coefficient (Wildman–Crippen LogP) is 1.38. The molecule has 0 radical (unpaired) electrons. The summed E-state index contributed by atoms with van der Waals surface area (Å²) >= 11 is 0. The minimum absolute atomic E-state index is 0.0921. The molecule has 0 bridgehead atoms. The fraction of sp³-hybridized carbons (Fsp3) is 0.476. The Kier molecular flexibility index (Phi) is 5.43. The van der Waals surface area contributed by atoms with Crippen LogP contribution in [0, 0.1) is 5.92 Å². The van der Waals surface area contributed by atoms with E-state index in [0.29, 0.717) is 19.0 Å². The Morgan fingerprint density at radius 1 is 1.11 bits per heavy atom. The first-order chi connectivity index (χ1) is 13.6. The van der Waals surface area contributed by atoms with Crippen molar-refractivity contribution in [2.75, 3.05) is 39.8 Å². The largest absolute Gasteiger partial charge is 0.340 e. The highest BCUT2D eigenvalue weighted by molar-refractivity contribution is 5.81. The van der Waals surface area contributed by atoms with Gasteiger partial charge in [0.05, 0.1) is 18.4 Å². The molecular formula is C21H27N5O2. The van der Waals surface area contributed by atoms with E-state index in [1.807, 2.05) is 53.2 Å². The van der Waals surface area contributed by atoms with Crippen molar-refractivity contribution in [2.45, 2.75) is 19.4 Å². The smallest absolute Gasteiger partial charge is 0.236 e. The normalized spacial score (nSPS) is 17.5. The quantitative estimate of drug-likeness (QED) is 0.759. The van der Waals surface area contributed by atoms with Gasteiger partial charge in [-0.1, -0.05) is 18.2 Å². The van der Waals surface area contributed by atoms with Crippen LogP contribution in [0.3, 0.4) is 0 Å². The Morgan fingerprint density at radius 3 is 2.50 bits per heavy atom. The van der Waals surface area contributed by atoms with Crippen LogP contribution in [0.25, 0.3) is 5.69 Å². The van der Waals surface area contributed by atoms with Crippen molar-refractivity contribution in [2.24, 2.45) is 5.92 Å². The summed E-state index contributed by atoms with van der Waals surface area (Å²) in [5.41, 5.74) is 2.00. The molecule has 4 rings (SSSR count). The maximum absolute atomic E-state index is 12.6. The molecule has 2 aromatic rings. The van der Waals surface area contributed by atoms with Crippen LogP contribution in [-0.4, -0.2) is 76.1 Å². The van der Waals surface area contributed by atoms with E-state index in [-0.39, 0.29) is 11.8 Å². The second-order valence-corrected chi connectivity index (χ2v) is 7.75. The zero-order valence-electron chi connectivity index (χ0n) is 16.3. The van der Waals surface area contributed by atoms with Gasteiger partial charge in [-0.2, -0.15) is 5.10 Å². The molecule has 2 aliphatic rings. The molecule has 0 unspecified atom stereocenters. The van der Waals surface area contributed by atoms with Gasteiger partial charge in [-0.25, -0.2) is 4.68 Å². The van der Waals surface area contributed by atoms with E-state index >= 15 is 0 Å². The zero-order valence-corrected chi connectivity index (χ0v) is 16.3. The lowest BCUT2D eigenvalue weighted by Crippen LogP contribution is -2.51. The second-order valence-electron chi connectivity index (χ2n) is 7.75. The SMILES string of the molecule is CN(Cc1cnn(-c2ccccc2)c1)C(=O)CN1CCN(C(=O)C2CC2)CC1. The van der Waals surface area contributed by atoms with Crippen LogP contribution in [0.15, 0.2) is 42.7 Å². The third-order valence-electron chi connectivity index (χ3n) is 5.47. The van der Waals surface area contributed by atoms with Crippen LogP contribution in [0.2, 0.25) is 0 Å². The minimum Gasteiger partial charge on any atom is -0.340 e. The molecule has 1 aromatic heterocycles. The van der Waals surface area contributed by atoms with Crippen molar-refractivity contribution in [3.8, 4) is 5.69 Å². The molecule has 28 heavy (non-hydrogen) atoms. The van der Waals surface area contributed by atoms with Crippen LogP contribution in [0.1, 0.15) is 18.4 Å². The van der Waals surface area contributed by atoms with E-state index in [9.17, 15) is 9.59 Å². The monoisotopic (exact) mass is 381 g/mol. The van der Waals surface area contributed by atoms with Gasteiger partial charge in [0.1, 0.15) is 0 Å². The molecule has 2 amide bonds. The molecule has 148 valence electrons. The van der Waals surface area contributed by atoms with Crippen LogP contribution in [0.4, 0.5) is 0 Å². The molecule has 7 heteroatoms.